The van der Waals surface area contributed by atoms with E-state index in [0.29, 0.717) is 5.92 Å². The normalized spacial score (nSPS) is 26.6. The predicted molar refractivity (Wildman–Crippen MR) is 53.0 cm³/mol. The van der Waals surface area contributed by atoms with Crippen molar-refractivity contribution in [2.45, 2.75) is 45.3 Å². The monoisotopic (exact) mass is 201 g/mol. The first-order chi connectivity index (χ1) is 6.43. The summed E-state index contributed by atoms with van der Waals surface area (Å²) in [6.45, 7) is 5.54. The molecule has 0 bridgehead atoms. The summed E-state index contributed by atoms with van der Waals surface area (Å²) in [5.74, 6) is 0.665. The molecule has 0 aliphatic heterocycles. The molecular weight excluding hydrogens is 182 g/mol. The van der Waals surface area contributed by atoms with Gasteiger partial charge >= 0.3 is 6.09 Å². The van der Waals surface area contributed by atoms with E-state index in [2.05, 4.69) is 12.2 Å². The van der Waals surface area contributed by atoms with E-state index >= 15 is 0 Å². The molecule has 82 valence electrons. The number of carbonyl (C=O) groups is 1. The predicted octanol–water partition coefficient (Wildman–Crippen LogP) is 1.28. The van der Waals surface area contributed by atoms with Gasteiger partial charge in [-0.25, -0.2) is 4.79 Å². The molecule has 0 atom stereocenters. The number of hydrogen-bond acceptors (Lipinski definition) is 3. The van der Waals surface area contributed by atoms with Crippen LogP contribution in [0.5, 0.6) is 0 Å². The quantitative estimate of drug-likeness (QED) is 0.723. The van der Waals surface area contributed by atoms with Gasteiger partial charge in [0.25, 0.3) is 0 Å². The summed E-state index contributed by atoms with van der Waals surface area (Å²) in [6, 6.07) is 0. The van der Waals surface area contributed by atoms with Gasteiger partial charge in [0, 0.05) is 0 Å². The van der Waals surface area contributed by atoms with Gasteiger partial charge in [0.05, 0.1) is 12.1 Å². The molecule has 1 amide bonds. The van der Waals surface area contributed by atoms with Crippen LogP contribution in [0, 0.1) is 5.92 Å². The molecule has 14 heavy (non-hydrogen) atoms. The summed E-state index contributed by atoms with van der Waals surface area (Å²) in [6.07, 6.45) is 1.54. The highest BCUT2D eigenvalue weighted by atomic mass is 16.6. The molecule has 4 nitrogen and oxygen atoms in total. The third kappa shape index (κ3) is 3.18. The number of hydrogen-bond donors (Lipinski definition) is 2. The van der Waals surface area contributed by atoms with Crippen LogP contribution in [0.1, 0.15) is 33.6 Å². The Kier molecular flexibility index (Phi) is 3.37. The molecule has 0 aromatic heterocycles. The first-order valence-corrected chi connectivity index (χ1v) is 5.02. The van der Waals surface area contributed by atoms with Crippen LogP contribution in [-0.2, 0) is 4.74 Å². The Morgan fingerprint density at radius 3 is 2.57 bits per heavy atom. The zero-order chi connectivity index (χ0) is 10.8. The lowest BCUT2D eigenvalue weighted by Gasteiger charge is -2.33. The van der Waals surface area contributed by atoms with Crippen molar-refractivity contribution in [3.05, 3.63) is 0 Å². The Hall–Kier alpha value is -0.770. The van der Waals surface area contributed by atoms with Gasteiger partial charge in [0.1, 0.15) is 6.10 Å². The number of carbonyl (C=O) groups excluding carboxylic acids is 1. The average Bonchev–Trinajstić information content (AvgIpc) is 2.00. The van der Waals surface area contributed by atoms with Crippen molar-refractivity contribution in [2.24, 2.45) is 5.92 Å². The van der Waals surface area contributed by atoms with E-state index in [0.717, 1.165) is 12.8 Å². The lowest BCUT2D eigenvalue weighted by Crippen LogP contribution is -2.48. The van der Waals surface area contributed by atoms with Crippen LogP contribution in [0.15, 0.2) is 0 Å². The first kappa shape index (κ1) is 11.3. The molecule has 0 aromatic carbocycles. The van der Waals surface area contributed by atoms with Crippen LogP contribution in [-0.4, -0.2) is 29.4 Å². The number of nitrogens with one attached hydrogen (secondary N) is 1. The maximum atomic E-state index is 11.3. The molecule has 1 fully saturated rings. The average molecular weight is 201 g/mol. The Morgan fingerprint density at radius 2 is 2.14 bits per heavy atom. The third-order valence-corrected chi connectivity index (χ3v) is 2.44. The molecule has 0 radical (unpaired) electrons. The number of rotatable bonds is 3. The van der Waals surface area contributed by atoms with Crippen molar-refractivity contribution >= 4 is 6.09 Å². The molecule has 2 N–H and O–H groups in total. The second-order valence-electron chi connectivity index (χ2n) is 4.77. The van der Waals surface area contributed by atoms with Gasteiger partial charge in [0.2, 0.25) is 0 Å². The van der Waals surface area contributed by atoms with Gasteiger partial charge in [0.15, 0.2) is 0 Å². The summed E-state index contributed by atoms with van der Waals surface area (Å²) >= 11 is 0. The van der Waals surface area contributed by atoms with Crippen molar-refractivity contribution in [2.75, 3.05) is 6.61 Å². The summed E-state index contributed by atoms with van der Waals surface area (Å²) in [5, 5.41) is 11.5. The van der Waals surface area contributed by atoms with Crippen molar-refractivity contribution in [1.29, 1.82) is 0 Å². The summed E-state index contributed by atoms with van der Waals surface area (Å²) in [4.78, 5) is 11.3. The highest BCUT2D eigenvalue weighted by molar-refractivity contribution is 5.68. The van der Waals surface area contributed by atoms with E-state index in [1.807, 2.05) is 0 Å². The molecule has 4 heteroatoms. The van der Waals surface area contributed by atoms with Gasteiger partial charge < -0.3 is 15.2 Å². The van der Waals surface area contributed by atoms with E-state index in [-0.39, 0.29) is 12.7 Å². The molecule has 1 aliphatic carbocycles. The number of aliphatic hydroxyl groups is 1. The highest BCUT2D eigenvalue weighted by Crippen LogP contribution is 2.29. The van der Waals surface area contributed by atoms with Gasteiger partial charge in [-0.15, -0.1) is 0 Å². The van der Waals surface area contributed by atoms with Crippen LogP contribution in [0.3, 0.4) is 0 Å². The SMILES string of the molecule is CC1CC(OC(=O)NC(C)(C)CO)C1. The Labute approximate surface area is 84.6 Å². The van der Waals surface area contributed by atoms with Crippen LogP contribution in [0.4, 0.5) is 4.79 Å². The minimum atomic E-state index is -0.605. The van der Waals surface area contributed by atoms with Crippen LogP contribution >= 0.6 is 0 Å². The maximum absolute atomic E-state index is 11.3. The van der Waals surface area contributed by atoms with Crippen molar-refractivity contribution in [1.82, 2.24) is 5.32 Å². The topological polar surface area (TPSA) is 58.6 Å². The van der Waals surface area contributed by atoms with E-state index in [1.165, 1.54) is 0 Å². The van der Waals surface area contributed by atoms with Crippen molar-refractivity contribution in [3.8, 4) is 0 Å². The Bertz CT molecular complexity index is 209. The molecule has 1 aliphatic rings. The summed E-state index contributed by atoms with van der Waals surface area (Å²) in [5.41, 5.74) is -0.605. The molecule has 0 aromatic rings. The molecule has 1 saturated carbocycles. The second-order valence-corrected chi connectivity index (χ2v) is 4.77. The zero-order valence-corrected chi connectivity index (χ0v) is 9.04. The minimum absolute atomic E-state index is 0.0690. The number of amides is 1. The van der Waals surface area contributed by atoms with E-state index < -0.39 is 11.6 Å². The summed E-state index contributed by atoms with van der Waals surface area (Å²) < 4.78 is 5.13. The van der Waals surface area contributed by atoms with Crippen LogP contribution in [0.2, 0.25) is 0 Å². The van der Waals surface area contributed by atoms with Gasteiger partial charge in [-0.1, -0.05) is 6.92 Å². The van der Waals surface area contributed by atoms with Crippen molar-refractivity contribution < 1.29 is 14.6 Å². The number of aliphatic hydroxyl groups excluding tert-OH is 1. The standard InChI is InChI=1S/C10H19NO3/c1-7-4-8(5-7)14-9(13)11-10(2,3)6-12/h7-8,12H,4-6H2,1-3H3,(H,11,13). The lowest BCUT2D eigenvalue weighted by atomic mass is 9.84. The Morgan fingerprint density at radius 1 is 1.57 bits per heavy atom. The fourth-order valence-corrected chi connectivity index (χ4v) is 1.42. The second kappa shape index (κ2) is 4.17. The smallest absolute Gasteiger partial charge is 0.407 e. The van der Waals surface area contributed by atoms with E-state index in [1.54, 1.807) is 13.8 Å². The zero-order valence-electron chi connectivity index (χ0n) is 9.04. The first-order valence-electron chi connectivity index (χ1n) is 5.02. The number of ether oxygens (including phenoxy) is 1. The number of alkyl carbamates (subject to hydrolysis) is 1. The van der Waals surface area contributed by atoms with Gasteiger partial charge in [-0.05, 0) is 32.6 Å². The molecular formula is C10H19NO3. The molecule has 0 unspecified atom stereocenters. The van der Waals surface area contributed by atoms with E-state index in [9.17, 15) is 4.79 Å². The maximum Gasteiger partial charge on any atom is 0.407 e. The minimum Gasteiger partial charge on any atom is -0.446 e. The van der Waals surface area contributed by atoms with Gasteiger partial charge in [-0.2, -0.15) is 0 Å². The molecule has 0 spiro atoms. The summed E-state index contributed by atoms with van der Waals surface area (Å²) in [7, 11) is 0. The fraction of sp³-hybridized carbons (Fsp3) is 0.900. The third-order valence-electron chi connectivity index (χ3n) is 2.44. The molecule has 0 saturated heterocycles. The lowest BCUT2D eigenvalue weighted by molar-refractivity contribution is 0.0173. The highest BCUT2D eigenvalue weighted by Gasteiger charge is 2.30. The van der Waals surface area contributed by atoms with Crippen LogP contribution < -0.4 is 5.32 Å². The fourth-order valence-electron chi connectivity index (χ4n) is 1.42. The Balaban J connectivity index is 2.22. The molecule has 1 rings (SSSR count). The van der Waals surface area contributed by atoms with Gasteiger partial charge in [-0.3, -0.25) is 0 Å². The van der Waals surface area contributed by atoms with Crippen LogP contribution in [0.25, 0.3) is 0 Å². The van der Waals surface area contributed by atoms with Crippen molar-refractivity contribution in [3.63, 3.8) is 0 Å². The van der Waals surface area contributed by atoms with E-state index in [4.69, 9.17) is 9.84 Å². The largest absolute Gasteiger partial charge is 0.446 e. The molecule has 0 heterocycles.